The van der Waals surface area contributed by atoms with E-state index in [0.717, 1.165) is 24.2 Å². The molecule has 0 saturated carbocycles. The maximum atomic E-state index is 12.6. The lowest BCUT2D eigenvalue weighted by molar-refractivity contribution is 0.0521. The highest BCUT2D eigenvalue weighted by atomic mass is 16.3. The van der Waals surface area contributed by atoms with E-state index in [4.69, 9.17) is 0 Å². The van der Waals surface area contributed by atoms with Crippen molar-refractivity contribution in [3.63, 3.8) is 0 Å². The lowest BCUT2D eigenvalue weighted by Crippen LogP contribution is -2.40. The maximum absolute atomic E-state index is 12.6. The van der Waals surface area contributed by atoms with E-state index in [1.807, 2.05) is 48.2 Å². The molecule has 0 aliphatic carbocycles. The van der Waals surface area contributed by atoms with Crippen molar-refractivity contribution in [1.29, 1.82) is 0 Å². The molecule has 1 saturated heterocycles. The zero-order valence-corrected chi connectivity index (χ0v) is 13.9. The Morgan fingerprint density at radius 1 is 1.12 bits per heavy atom. The molecular formula is C19H23N3O2. The summed E-state index contributed by atoms with van der Waals surface area (Å²) in [6, 6.07) is 11.3. The SMILES string of the molecule is CC(O)C1CCN(C(=O)c2ccc(Nc3ccncc3)cc2)CC1. The van der Waals surface area contributed by atoms with E-state index >= 15 is 0 Å². The van der Waals surface area contributed by atoms with Crippen molar-refractivity contribution < 1.29 is 9.90 Å². The first kappa shape index (κ1) is 16.5. The van der Waals surface area contributed by atoms with Gasteiger partial charge in [0.15, 0.2) is 0 Å². The van der Waals surface area contributed by atoms with E-state index in [1.165, 1.54) is 0 Å². The quantitative estimate of drug-likeness (QED) is 0.907. The van der Waals surface area contributed by atoms with Crippen molar-refractivity contribution in [2.45, 2.75) is 25.9 Å². The maximum Gasteiger partial charge on any atom is 0.253 e. The number of rotatable bonds is 4. The van der Waals surface area contributed by atoms with Crippen LogP contribution < -0.4 is 5.32 Å². The lowest BCUT2D eigenvalue weighted by atomic mass is 9.92. The van der Waals surface area contributed by atoms with Gasteiger partial charge in [0.2, 0.25) is 0 Å². The number of carbonyl (C=O) groups is 1. The number of amides is 1. The van der Waals surface area contributed by atoms with Crippen molar-refractivity contribution >= 4 is 17.3 Å². The van der Waals surface area contributed by atoms with Gasteiger partial charge in [0, 0.05) is 42.4 Å². The summed E-state index contributed by atoms with van der Waals surface area (Å²) >= 11 is 0. The van der Waals surface area contributed by atoms with Crippen LogP contribution in [0.1, 0.15) is 30.1 Å². The molecule has 2 aromatic rings. The molecule has 2 heterocycles. The summed E-state index contributed by atoms with van der Waals surface area (Å²) in [7, 11) is 0. The molecule has 1 aromatic carbocycles. The van der Waals surface area contributed by atoms with Crippen LogP contribution in [-0.4, -0.2) is 40.1 Å². The molecule has 0 radical (unpaired) electrons. The Labute approximate surface area is 142 Å². The van der Waals surface area contributed by atoms with Gasteiger partial charge in [-0.3, -0.25) is 9.78 Å². The number of aliphatic hydroxyl groups is 1. The first-order valence-electron chi connectivity index (χ1n) is 8.38. The number of nitrogens with one attached hydrogen (secondary N) is 1. The summed E-state index contributed by atoms with van der Waals surface area (Å²) in [6.45, 7) is 3.26. The minimum absolute atomic E-state index is 0.0644. The van der Waals surface area contributed by atoms with Crippen molar-refractivity contribution in [3.8, 4) is 0 Å². The summed E-state index contributed by atoms with van der Waals surface area (Å²) in [5.41, 5.74) is 2.60. The van der Waals surface area contributed by atoms with E-state index in [2.05, 4.69) is 10.3 Å². The van der Waals surface area contributed by atoms with E-state index < -0.39 is 0 Å². The van der Waals surface area contributed by atoms with Crippen LogP contribution in [0.15, 0.2) is 48.8 Å². The summed E-state index contributed by atoms with van der Waals surface area (Å²) in [4.78, 5) is 18.4. The average Bonchev–Trinajstić information content (AvgIpc) is 2.63. The topological polar surface area (TPSA) is 65.5 Å². The Morgan fingerprint density at radius 3 is 2.29 bits per heavy atom. The molecule has 2 N–H and O–H groups in total. The highest BCUT2D eigenvalue weighted by Crippen LogP contribution is 2.23. The Bertz CT molecular complexity index is 663. The highest BCUT2D eigenvalue weighted by molar-refractivity contribution is 5.94. The Hall–Kier alpha value is -2.40. The Kier molecular flexibility index (Phi) is 5.11. The number of hydrogen-bond donors (Lipinski definition) is 2. The van der Waals surface area contributed by atoms with Crippen LogP contribution in [0.25, 0.3) is 0 Å². The summed E-state index contributed by atoms with van der Waals surface area (Å²) in [5, 5.41) is 12.9. The normalized spacial score (nSPS) is 16.7. The molecule has 1 unspecified atom stereocenters. The van der Waals surface area contributed by atoms with E-state index in [9.17, 15) is 9.90 Å². The fourth-order valence-electron chi connectivity index (χ4n) is 3.07. The second kappa shape index (κ2) is 7.45. The van der Waals surface area contributed by atoms with E-state index in [1.54, 1.807) is 12.4 Å². The van der Waals surface area contributed by atoms with E-state index in [0.29, 0.717) is 24.6 Å². The number of aliphatic hydroxyl groups excluding tert-OH is 1. The fourth-order valence-corrected chi connectivity index (χ4v) is 3.07. The number of likely N-dealkylation sites (tertiary alicyclic amines) is 1. The molecular weight excluding hydrogens is 302 g/mol. The van der Waals surface area contributed by atoms with Crippen LogP contribution in [-0.2, 0) is 0 Å². The molecule has 1 aliphatic heterocycles. The highest BCUT2D eigenvalue weighted by Gasteiger charge is 2.25. The predicted octanol–water partition coefficient (Wildman–Crippen LogP) is 3.06. The summed E-state index contributed by atoms with van der Waals surface area (Å²) < 4.78 is 0. The number of aromatic nitrogens is 1. The van der Waals surface area contributed by atoms with Gasteiger partial charge in [-0.1, -0.05) is 0 Å². The van der Waals surface area contributed by atoms with Crippen LogP contribution in [0.3, 0.4) is 0 Å². The third-order valence-electron chi connectivity index (χ3n) is 4.61. The number of pyridine rings is 1. The number of hydrogen-bond acceptors (Lipinski definition) is 4. The first-order valence-corrected chi connectivity index (χ1v) is 8.38. The molecule has 5 nitrogen and oxygen atoms in total. The van der Waals surface area contributed by atoms with Crippen LogP contribution in [0.5, 0.6) is 0 Å². The lowest BCUT2D eigenvalue weighted by Gasteiger charge is -2.33. The van der Waals surface area contributed by atoms with Gasteiger partial charge in [-0.05, 0) is 62.1 Å². The molecule has 1 fully saturated rings. The van der Waals surface area contributed by atoms with Gasteiger partial charge in [0.1, 0.15) is 0 Å². The van der Waals surface area contributed by atoms with Gasteiger partial charge < -0.3 is 15.3 Å². The number of carbonyl (C=O) groups excluding carboxylic acids is 1. The van der Waals surface area contributed by atoms with Crippen LogP contribution in [0, 0.1) is 5.92 Å². The second-order valence-corrected chi connectivity index (χ2v) is 6.31. The predicted molar refractivity (Wildman–Crippen MR) is 94.3 cm³/mol. The molecule has 0 spiro atoms. The molecule has 1 atom stereocenters. The van der Waals surface area contributed by atoms with Crippen LogP contribution >= 0.6 is 0 Å². The molecule has 1 aromatic heterocycles. The smallest absolute Gasteiger partial charge is 0.253 e. The minimum Gasteiger partial charge on any atom is -0.393 e. The summed E-state index contributed by atoms with van der Waals surface area (Å²) in [5.74, 6) is 0.371. The number of anilines is 2. The molecule has 0 bridgehead atoms. The molecule has 126 valence electrons. The van der Waals surface area contributed by atoms with Crippen molar-refractivity contribution in [3.05, 3.63) is 54.4 Å². The summed E-state index contributed by atoms with van der Waals surface area (Å²) in [6.07, 6.45) is 4.91. The molecule has 24 heavy (non-hydrogen) atoms. The number of piperidine rings is 1. The first-order chi connectivity index (χ1) is 11.6. The van der Waals surface area contributed by atoms with Crippen molar-refractivity contribution in [1.82, 2.24) is 9.88 Å². The fraction of sp³-hybridized carbons (Fsp3) is 0.368. The van der Waals surface area contributed by atoms with Gasteiger partial charge in [-0.15, -0.1) is 0 Å². The van der Waals surface area contributed by atoms with Gasteiger partial charge in [0.25, 0.3) is 5.91 Å². The second-order valence-electron chi connectivity index (χ2n) is 6.31. The van der Waals surface area contributed by atoms with Crippen molar-refractivity contribution in [2.75, 3.05) is 18.4 Å². The zero-order chi connectivity index (χ0) is 16.9. The third kappa shape index (κ3) is 3.92. The average molecular weight is 325 g/mol. The van der Waals surface area contributed by atoms with Gasteiger partial charge in [-0.2, -0.15) is 0 Å². The Morgan fingerprint density at radius 2 is 1.71 bits per heavy atom. The van der Waals surface area contributed by atoms with Gasteiger partial charge in [-0.25, -0.2) is 0 Å². The minimum atomic E-state index is -0.291. The van der Waals surface area contributed by atoms with Gasteiger partial charge in [0.05, 0.1) is 6.10 Å². The molecule has 1 amide bonds. The zero-order valence-electron chi connectivity index (χ0n) is 13.9. The van der Waals surface area contributed by atoms with Crippen LogP contribution in [0.2, 0.25) is 0 Å². The van der Waals surface area contributed by atoms with Crippen LogP contribution in [0.4, 0.5) is 11.4 Å². The monoisotopic (exact) mass is 325 g/mol. The third-order valence-corrected chi connectivity index (χ3v) is 4.61. The standard InChI is InChI=1S/C19H23N3O2/c1-14(23)15-8-12-22(13-9-15)19(24)16-2-4-17(5-3-16)21-18-6-10-20-11-7-18/h2-7,10-11,14-15,23H,8-9,12-13H2,1H3,(H,20,21). The molecule has 5 heteroatoms. The molecule has 3 rings (SSSR count). The Balaban J connectivity index is 1.60. The number of nitrogens with zero attached hydrogens (tertiary/aromatic N) is 2. The van der Waals surface area contributed by atoms with E-state index in [-0.39, 0.29) is 12.0 Å². The number of benzene rings is 1. The molecule has 1 aliphatic rings. The van der Waals surface area contributed by atoms with Crippen molar-refractivity contribution in [2.24, 2.45) is 5.92 Å². The largest absolute Gasteiger partial charge is 0.393 e. The van der Waals surface area contributed by atoms with Gasteiger partial charge >= 0.3 is 0 Å².